The van der Waals surface area contributed by atoms with Crippen molar-refractivity contribution in [3.63, 3.8) is 0 Å². The highest BCUT2D eigenvalue weighted by Gasteiger charge is 2.34. The number of likely N-dealkylation sites (tertiary alicyclic amines) is 2. The molecule has 2 aliphatic rings. The molecule has 0 radical (unpaired) electrons. The quantitative estimate of drug-likeness (QED) is 0.726. The van der Waals surface area contributed by atoms with Crippen LogP contribution >= 0.6 is 15.9 Å². The number of carbonyl (C=O) groups excluding carboxylic acids is 2. The van der Waals surface area contributed by atoms with Crippen LogP contribution in [0.5, 0.6) is 0 Å². The number of ether oxygens (including phenoxy) is 1. The van der Waals surface area contributed by atoms with Gasteiger partial charge in [-0.15, -0.1) is 0 Å². The molecular weight excluding hydrogens is 336 g/mol. The average molecular weight is 361 g/mol. The van der Waals surface area contributed by atoms with Crippen LogP contribution in [0.2, 0.25) is 0 Å². The SMILES string of the molecule is CC(C)(C)OC(=O)N1CC[C@H](CN2CC(CBr)CC2=O)C1. The van der Waals surface area contributed by atoms with Gasteiger partial charge in [0, 0.05) is 37.9 Å². The molecule has 120 valence electrons. The molecule has 1 unspecified atom stereocenters. The Morgan fingerprint density at radius 3 is 2.62 bits per heavy atom. The summed E-state index contributed by atoms with van der Waals surface area (Å²) >= 11 is 3.45. The largest absolute Gasteiger partial charge is 0.444 e. The van der Waals surface area contributed by atoms with E-state index in [4.69, 9.17) is 4.74 Å². The van der Waals surface area contributed by atoms with E-state index in [-0.39, 0.29) is 12.0 Å². The number of alkyl halides is 1. The van der Waals surface area contributed by atoms with E-state index < -0.39 is 5.60 Å². The van der Waals surface area contributed by atoms with E-state index in [9.17, 15) is 9.59 Å². The molecule has 2 saturated heterocycles. The number of carbonyl (C=O) groups is 2. The topological polar surface area (TPSA) is 49.9 Å². The fourth-order valence-electron chi connectivity index (χ4n) is 2.92. The number of amides is 2. The second kappa shape index (κ2) is 6.55. The first-order valence-electron chi connectivity index (χ1n) is 7.60. The Morgan fingerprint density at radius 2 is 2.05 bits per heavy atom. The molecule has 0 aliphatic carbocycles. The van der Waals surface area contributed by atoms with Crippen molar-refractivity contribution in [2.45, 2.75) is 39.2 Å². The van der Waals surface area contributed by atoms with Crippen molar-refractivity contribution in [1.29, 1.82) is 0 Å². The lowest BCUT2D eigenvalue weighted by atomic mass is 10.1. The third kappa shape index (κ3) is 4.59. The third-order valence-electron chi connectivity index (χ3n) is 3.93. The molecule has 0 aromatic carbocycles. The Balaban J connectivity index is 1.80. The Labute approximate surface area is 135 Å². The molecule has 0 bridgehead atoms. The van der Waals surface area contributed by atoms with Crippen LogP contribution in [0.25, 0.3) is 0 Å². The van der Waals surface area contributed by atoms with Gasteiger partial charge in [0.2, 0.25) is 5.91 Å². The molecule has 0 aromatic heterocycles. The minimum Gasteiger partial charge on any atom is -0.444 e. The second-order valence-corrected chi connectivity index (χ2v) is 7.75. The molecule has 2 aliphatic heterocycles. The molecule has 21 heavy (non-hydrogen) atoms. The van der Waals surface area contributed by atoms with E-state index in [2.05, 4.69) is 15.9 Å². The first kappa shape index (κ1) is 16.6. The number of rotatable bonds is 3. The lowest BCUT2D eigenvalue weighted by molar-refractivity contribution is -0.128. The summed E-state index contributed by atoms with van der Waals surface area (Å²) in [7, 11) is 0. The summed E-state index contributed by atoms with van der Waals surface area (Å²) in [6, 6.07) is 0. The molecule has 0 spiro atoms. The molecule has 0 saturated carbocycles. The van der Waals surface area contributed by atoms with E-state index in [0.717, 1.165) is 31.4 Å². The molecule has 2 rings (SSSR count). The van der Waals surface area contributed by atoms with E-state index >= 15 is 0 Å². The molecule has 6 heteroatoms. The van der Waals surface area contributed by atoms with E-state index in [1.807, 2.05) is 25.7 Å². The predicted molar refractivity (Wildman–Crippen MR) is 84.4 cm³/mol. The highest BCUT2D eigenvalue weighted by atomic mass is 79.9. The zero-order valence-electron chi connectivity index (χ0n) is 13.1. The van der Waals surface area contributed by atoms with Gasteiger partial charge in [0.05, 0.1) is 0 Å². The summed E-state index contributed by atoms with van der Waals surface area (Å²) in [5.41, 5.74) is -0.455. The maximum atomic E-state index is 12.0. The zero-order chi connectivity index (χ0) is 15.6. The van der Waals surface area contributed by atoms with Crippen LogP contribution in [0.3, 0.4) is 0 Å². The van der Waals surface area contributed by atoms with Gasteiger partial charge in [-0.25, -0.2) is 4.79 Å². The van der Waals surface area contributed by atoms with Gasteiger partial charge in [0.15, 0.2) is 0 Å². The van der Waals surface area contributed by atoms with Gasteiger partial charge < -0.3 is 14.5 Å². The average Bonchev–Trinajstić information content (AvgIpc) is 2.95. The number of hydrogen-bond donors (Lipinski definition) is 0. The molecule has 0 N–H and O–H groups in total. The lowest BCUT2D eigenvalue weighted by Crippen LogP contribution is -2.37. The Hall–Kier alpha value is -0.780. The highest BCUT2D eigenvalue weighted by Crippen LogP contribution is 2.25. The first-order chi connectivity index (χ1) is 9.78. The normalized spacial score (nSPS) is 26.6. The van der Waals surface area contributed by atoms with Crippen molar-refractivity contribution in [3.8, 4) is 0 Å². The van der Waals surface area contributed by atoms with Crippen LogP contribution < -0.4 is 0 Å². The summed E-state index contributed by atoms with van der Waals surface area (Å²) in [6.45, 7) is 8.65. The number of nitrogens with zero attached hydrogens (tertiary/aromatic N) is 2. The van der Waals surface area contributed by atoms with Crippen LogP contribution in [0.15, 0.2) is 0 Å². The Kier molecular flexibility index (Phi) is 5.17. The Bertz CT molecular complexity index is 408. The minimum atomic E-state index is -0.455. The van der Waals surface area contributed by atoms with Crippen molar-refractivity contribution in [2.75, 3.05) is 31.5 Å². The summed E-state index contributed by atoms with van der Waals surface area (Å²) in [6.07, 6.45) is 1.35. The lowest BCUT2D eigenvalue weighted by Gasteiger charge is -2.25. The maximum Gasteiger partial charge on any atom is 0.410 e. The molecule has 0 aromatic rings. The summed E-state index contributed by atoms with van der Waals surface area (Å²) in [5, 5.41) is 0.879. The zero-order valence-corrected chi connectivity index (χ0v) is 14.7. The number of halogens is 1. The van der Waals surface area contributed by atoms with E-state index in [0.29, 0.717) is 24.8 Å². The molecule has 2 atom stereocenters. The van der Waals surface area contributed by atoms with Crippen molar-refractivity contribution in [1.82, 2.24) is 9.80 Å². The van der Waals surface area contributed by atoms with Gasteiger partial charge in [0.1, 0.15) is 5.60 Å². The van der Waals surface area contributed by atoms with Gasteiger partial charge in [-0.1, -0.05) is 15.9 Å². The molecule has 5 nitrogen and oxygen atoms in total. The van der Waals surface area contributed by atoms with Gasteiger partial charge >= 0.3 is 6.09 Å². The summed E-state index contributed by atoms with van der Waals surface area (Å²) in [4.78, 5) is 27.7. The minimum absolute atomic E-state index is 0.240. The smallest absolute Gasteiger partial charge is 0.410 e. The van der Waals surface area contributed by atoms with Crippen LogP contribution in [-0.2, 0) is 9.53 Å². The summed E-state index contributed by atoms with van der Waals surface area (Å²) in [5.74, 6) is 1.05. The van der Waals surface area contributed by atoms with Crippen LogP contribution in [-0.4, -0.2) is 58.9 Å². The van der Waals surface area contributed by atoms with Gasteiger partial charge in [-0.2, -0.15) is 0 Å². The second-order valence-electron chi connectivity index (χ2n) is 7.10. The van der Waals surface area contributed by atoms with Crippen molar-refractivity contribution < 1.29 is 14.3 Å². The van der Waals surface area contributed by atoms with E-state index in [1.54, 1.807) is 4.90 Å². The predicted octanol–water partition coefficient (Wildman–Crippen LogP) is 2.49. The highest BCUT2D eigenvalue weighted by molar-refractivity contribution is 9.09. The number of hydrogen-bond acceptors (Lipinski definition) is 3. The van der Waals surface area contributed by atoms with Crippen molar-refractivity contribution in [3.05, 3.63) is 0 Å². The maximum absolute atomic E-state index is 12.0. The Morgan fingerprint density at radius 1 is 1.33 bits per heavy atom. The van der Waals surface area contributed by atoms with Crippen LogP contribution in [0.4, 0.5) is 4.79 Å². The molecule has 2 heterocycles. The van der Waals surface area contributed by atoms with Gasteiger partial charge in [-0.3, -0.25) is 4.79 Å². The fraction of sp³-hybridized carbons (Fsp3) is 0.867. The third-order valence-corrected chi connectivity index (χ3v) is 4.84. The molecule has 2 fully saturated rings. The molecule has 2 amide bonds. The van der Waals surface area contributed by atoms with Gasteiger partial charge in [0.25, 0.3) is 0 Å². The van der Waals surface area contributed by atoms with Crippen molar-refractivity contribution >= 4 is 27.9 Å². The van der Waals surface area contributed by atoms with Gasteiger partial charge in [-0.05, 0) is 39.0 Å². The van der Waals surface area contributed by atoms with Crippen molar-refractivity contribution in [2.24, 2.45) is 11.8 Å². The van der Waals surface area contributed by atoms with Crippen LogP contribution in [0, 0.1) is 11.8 Å². The fourth-order valence-corrected chi connectivity index (χ4v) is 3.35. The van der Waals surface area contributed by atoms with Crippen LogP contribution in [0.1, 0.15) is 33.6 Å². The summed E-state index contributed by atoms with van der Waals surface area (Å²) < 4.78 is 5.40. The first-order valence-corrected chi connectivity index (χ1v) is 8.72. The standard InChI is InChI=1S/C15H25BrN2O3/c1-15(2,3)21-14(20)17-5-4-11(8-17)9-18-10-12(7-16)6-13(18)19/h11-12H,4-10H2,1-3H3/t11-,12?/m0/s1. The molecular formula is C15H25BrN2O3. The van der Waals surface area contributed by atoms with E-state index in [1.165, 1.54) is 0 Å². The monoisotopic (exact) mass is 360 g/mol.